The summed E-state index contributed by atoms with van der Waals surface area (Å²) in [6.45, 7) is 5.92. The zero-order valence-corrected chi connectivity index (χ0v) is 18.8. The van der Waals surface area contributed by atoms with E-state index in [1.165, 1.54) is 17.5 Å². The van der Waals surface area contributed by atoms with Crippen molar-refractivity contribution in [2.75, 3.05) is 10.8 Å². The highest BCUT2D eigenvalue weighted by molar-refractivity contribution is 8.00. The summed E-state index contributed by atoms with van der Waals surface area (Å²) in [6, 6.07) is 18.9. The monoisotopic (exact) mass is 442 g/mol. The molecule has 30 heavy (non-hydrogen) atoms. The largest absolute Gasteiger partial charge is 0.350 e. The zero-order valence-electron chi connectivity index (χ0n) is 17.2. The van der Waals surface area contributed by atoms with Crippen LogP contribution in [0.15, 0.2) is 65.6 Å². The van der Waals surface area contributed by atoms with E-state index in [0.29, 0.717) is 16.1 Å². The van der Waals surface area contributed by atoms with Crippen LogP contribution in [0.4, 0.5) is 10.1 Å². The molecule has 0 aliphatic heterocycles. The molecule has 0 radical (unpaired) electrons. The minimum Gasteiger partial charge on any atom is -0.350 e. The van der Waals surface area contributed by atoms with Crippen molar-refractivity contribution < 1.29 is 9.18 Å². The van der Waals surface area contributed by atoms with Crippen molar-refractivity contribution in [3.05, 3.63) is 93.8 Å². The van der Waals surface area contributed by atoms with Crippen LogP contribution in [0.25, 0.3) is 0 Å². The molecule has 1 amide bonds. The lowest BCUT2D eigenvalue weighted by atomic mass is 10.1. The van der Waals surface area contributed by atoms with Crippen molar-refractivity contribution in [1.82, 2.24) is 5.32 Å². The van der Waals surface area contributed by atoms with Gasteiger partial charge in [-0.05, 0) is 68.1 Å². The zero-order chi connectivity index (χ0) is 21.7. The van der Waals surface area contributed by atoms with E-state index >= 15 is 0 Å². The van der Waals surface area contributed by atoms with E-state index in [-0.39, 0.29) is 24.8 Å². The Labute approximate surface area is 186 Å². The van der Waals surface area contributed by atoms with Gasteiger partial charge in [0.15, 0.2) is 0 Å². The van der Waals surface area contributed by atoms with Crippen molar-refractivity contribution in [2.24, 2.45) is 0 Å². The Morgan fingerprint density at radius 2 is 1.73 bits per heavy atom. The molecule has 0 fully saturated rings. The van der Waals surface area contributed by atoms with E-state index in [1.54, 1.807) is 25.1 Å². The molecule has 0 unspecified atom stereocenters. The number of amides is 1. The fourth-order valence-electron chi connectivity index (χ4n) is 2.98. The lowest BCUT2D eigenvalue weighted by molar-refractivity contribution is -0.119. The third-order valence-corrected chi connectivity index (χ3v) is 6.22. The molecule has 0 aromatic heterocycles. The topological polar surface area (TPSA) is 32.3 Å². The number of nitrogens with zero attached hydrogens (tertiary/aromatic N) is 1. The van der Waals surface area contributed by atoms with Gasteiger partial charge in [-0.3, -0.25) is 4.79 Å². The highest BCUT2D eigenvalue weighted by Gasteiger charge is 2.17. The summed E-state index contributed by atoms with van der Waals surface area (Å²) < 4.78 is 16.1. The number of anilines is 1. The molecule has 0 saturated heterocycles. The molecule has 3 rings (SSSR count). The molecule has 3 nitrogen and oxygen atoms in total. The summed E-state index contributed by atoms with van der Waals surface area (Å²) in [4.78, 5) is 13.7. The molecule has 0 spiro atoms. The Hall–Kier alpha value is -2.50. The van der Waals surface area contributed by atoms with E-state index in [0.717, 1.165) is 16.1 Å². The lowest BCUT2D eigenvalue weighted by Gasteiger charge is -2.25. The van der Waals surface area contributed by atoms with Crippen LogP contribution in [-0.4, -0.2) is 12.5 Å². The number of carbonyl (C=O) groups is 1. The van der Waals surface area contributed by atoms with Crippen LogP contribution >= 0.6 is 23.5 Å². The number of hydrogen-bond donors (Lipinski definition) is 1. The average molecular weight is 443 g/mol. The Kier molecular flexibility index (Phi) is 7.40. The second kappa shape index (κ2) is 10.0. The molecule has 156 valence electrons. The van der Waals surface area contributed by atoms with E-state index in [2.05, 4.69) is 5.32 Å². The normalized spacial score (nSPS) is 10.7. The molecule has 0 aliphatic carbocycles. The van der Waals surface area contributed by atoms with Crippen LogP contribution < -0.4 is 9.62 Å². The molecule has 0 heterocycles. The quantitative estimate of drug-likeness (QED) is 0.440. The SMILES string of the molecule is Cc1ccc(SN(CC(=O)NCc2cccc(C)c2F)c2cccc(Cl)c2C)cc1. The van der Waals surface area contributed by atoms with Gasteiger partial charge in [-0.1, -0.05) is 53.6 Å². The highest BCUT2D eigenvalue weighted by Crippen LogP contribution is 2.34. The number of rotatable bonds is 7. The number of aryl methyl sites for hydroxylation is 2. The maximum Gasteiger partial charge on any atom is 0.240 e. The van der Waals surface area contributed by atoms with E-state index in [9.17, 15) is 9.18 Å². The van der Waals surface area contributed by atoms with E-state index < -0.39 is 0 Å². The third-order valence-electron chi connectivity index (χ3n) is 4.78. The molecule has 0 saturated carbocycles. The molecule has 0 bridgehead atoms. The fourth-order valence-corrected chi connectivity index (χ4v) is 4.14. The summed E-state index contributed by atoms with van der Waals surface area (Å²) in [5.74, 6) is -0.482. The van der Waals surface area contributed by atoms with Gasteiger partial charge in [0, 0.05) is 22.0 Å². The molecule has 0 aliphatic rings. The first-order valence-electron chi connectivity index (χ1n) is 9.63. The predicted molar refractivity (Wildman–Crippen MR) is 124 cm³/mol. The average Bonchev–Trinajstić information content (AvgIpc) is 2.72. The Morgan fingerprint density at radius 1 is 1.03 bits per heavy atom. The minimum absolute atomic E-state index is 0.104. The summed E-state index contributed by atoms with van der Waals surface area (Å²) in [7, 11) is 0. The maximum absolute atomic E-state index is 14.2. The number of hydrogen-bond acceptors (Lipinski definition) is 3. The van der Waals surface area contributed by atoms with Crippen LogP contribution in [0.2, 0.25) is 5.02 Å². The minimum atomic E-state index is -0.283. The first-order chi connectivity index (χ1) is 14.3. The lowest BCUT2D eigenvalue weighted by Crippen LogP contribution is -2.34. The van der Waals surface area contributed by atoms with Crippen LogP contribution in [0.3, 0.4) is 0 Å². The summed E-state index contributed by atoms with van der Waals surface area (Å²) in [5.41, 5.74) is 3.97. The first kappa shape index (κ1) is 22.2. The summed E-state index contributed by atoms with van der Waals surface area (Å²) in [5, 5.41) is 3.47. The Morgan fingerprint density at radius 3 is 2.47 bits per heavy atom. The molecular formula is C24H24ClFN2OS. The van der Waals surface area contributed by atoms with Gasteiger partial charge in [-0.15, -0.1) is 0 Å². The van der Waals surface area contributed by atoms with Crippen molar-refractivity contribution in [1.29, 1.82) is 0 Å². The van der Waals surface area contributed by atoms with Gasteiger partial charge in [0.05, 0.1) is 5.69 Å². The van der Waals surface area contributed by atoms with Gasteiger partial charge in [-0.2, -0.15) is 0 Å². The third kappa shape index (κ3) is 5.55. The Bertz CT molecular complexity index is 1040. The van der Waals surface area contributed by atoms with Crippen molar-refractivity contribution >= 4 is 35.1 Å². The summed E-state index contributed by atoms with van der Waals surface area (Å²) in [6.07, 6.45) is 0. The number of carbonyl (C=O) groups excluding carboxylic acids is 1. The van der Waals surface area contributed by atoms with Crippen LogP contribution in [0.1, 0.15) is 22.3 Å². The van der Waals surface area contributed by atoms with Gasteiger partial charge >= 0.3 is 0 Å². The molecular weight excluding hydrogens is 419 g/mol. The maximum atomic E-state index is 14.2. The van der Waals surface area contributed by atoms with Gasteiger partial charge in [0.1, 0.15) is 12.4 Å². The van der Waals surface area contributed by atoms with Gasteiger partial charge in [-0.25, -0.2) is 4.39 Å². The molecule has 6 heteroatoms. The van der Waals surface area contributed by atoms with Crippen molar-refractivity contribution in [3.8, 4) is 0 Å². The van der Waals surface area contributed by atoms with E-state index in [1.807, 2.05) is 60.6 Å². The number of benzene rings is 3. The number of nitrogens with one attached hydrogen (secondary N) is 1. The molecule has 3 aromatic carbocycles. The van der Waals surface area contributed by atoms with Gasteiger partial charge in [0.25, 0.3) is 0 Å². The van der Waals surface area contributed by atoms with Crippen LogP contribution in [0, 0.1) is 26.6 Å². The van der Waals surface area contributed by atoms with Crippen molar-refractivity contribution in [3.63, 3.8) is 0 Å². The van der Waals surface area contributed by atoms with Crippen LogP contribution in [0.5, 0.6) is 0 Å². The van der Waals surface area contributed by atoms with Gasteiger partial charge in [0.2, 0.25) is 5.91 Å². The fraction of sp³-hybridized carbons (Fsp3) is 0.208. The van der Waals surface area contributed by atoms with Crippen molar-refractivity contribution in [2.45, 2.75) is 32.2 Å². The molecule has 3 aromatic rings. The second-order valence-electron chi connectivity index (χ2n) is 7.15. The molecule has 0 atom stereocenters. The highest BCUT2D eigenvalue weighted by atomic mass is 35.5. The van der Waals surface area contributed by atoms with Crippen LogP contribution in [-0.2, 0) is 11.3 Å². The van der Waals surface area contributed by atoms with Gasteiger partial charge < -0.3 is 9.62 Å². The first-order valence-corrected chi connectivity index (χ1v) is 10.8. The smallest absolute Gasteiger partial charge is 0.240 e. The molecule has 1 N–H and O–H groups in total. The predicted octanol–water partition coefficient (Wildman–Crippen LogP) is 6.23. The number of halogens is 2. The standard InChI is InChI=1S/C24H24ClFN2OS/c1-16-10-12-20(13-11-16)30-28(22-9-5-8-21(25)18(22)3)15-23(29)27-14-19-7-4-6-17(2)24(19)26/h4-13H,14-15H2,1-3H3,(H,27,29). The Balaban J connectivity index is 1.77. The van der Waals surface area contributed by atoms with E-state index in [4.69, 9.17) is 11.6 Å². The summed E-state index contributed by atoms with van der Waals surface area (Å²) >= 11 is 7.78. The second-order valence-corrected chi connectivity index (χ2v) is 8.65.